The number of amides is 2. The van der Waals surface area contributed by atoms with Gasteiger partial charge in [-0.2, -0.15) is 0 Å². The quantitative estimate of drug-likeness (QED) is 0.879. The third kappa shape index (κ3) is 3.85. The third-order valence-electron chi connectivity index (χ3n) is 2.14. The van der Waals surface area contributed by atoms with Gasteiger partial charge in [-0.05, 0) is 32.4 Å². The first-order valence-electron chi connectivity index (χ1n) is 5.32. The molecule has 0 spiro atoms. The first kappa shape index (κ1) is 13.0. The number of benzene rings is 1. The molecule has 1 unspecified atom stereocenters. The highest BCUT2D eigenvalue weighted by atomic mass is 79.9. The molecule has 4 heteroatoms. The van der Waals surface area contributed by atoms with Crippen molar-refractivity contribution >= 4 is 22.0 Å². The number of carbonyl (C=O) groups is 1. The summed E-state index contributed by atoms with van der Waals surface area (Å²) >= 11 is 3.47. The molecule has 2 N–H and O–H groups in total. The zero-order valence-corrected chi connectivity index (χ0v) is 11.3. The van der Waals surface area contributed by atoms with E-state index in [1.165, 1.54) is 0 Å². The molecule has 0 bridgehead atoms. The third-order valence-corrected chi connectivity index (χ3v) is 2.86. The average molecular weight is 285 g/mol. The van der Waals surface area contributed by atoms with E-state index in [-0.39, 0.29) is 18.1 Å². The normalized spacial score (nSPS) is 12.3. The minimum Gasteiger partial charge on any atom is -0.336 e. The van der Waals surface area contributed by atoms with Crippen LogP contribution in [-0.4, -0.2) is 12.1 Å². The molecule has 0 aromatic heterocycles. The lowest BCUT2D eigenvalue weighted by atomic mass is 10.1. The van der Waals surface area contributed by atoms with E-state index in [1.807, 2.05) is 45.0 Å². The van der Waals surface area contributed by atoms with Gasteiger partial charge in [0.2, 0.25) is 0 Å². The topological polar surface area (TPSA) is 41.1 Å². The molecule has 0 radical (unpaired) electrons. The van der Waals surface area contributed by atoms with E-state index in [9.17, 15) is 4.79 Å². The molecular weight excluding hydrogens is 268 g/mol. The van der Waals surface area contributed by atoms with Gasteiger partial charge < -0.3 is 10.6 Å². The molecule has 1 rings (SSSR count). The summed E-state index contributed by atoms with van der Waals surface area (Å²) < 4.78 is 1.01. The molecular formula is C12H17BrN2O. The average Bonchev–Trinajstić information content (AvgIpc) is 2.16. The molecule has 0 aliphatic heterocycles. The SMILES string of the molecule is CC(C)NC(=O)NC(C)c1ccccc1Br. The van der Waals surface area contributed by atoms with Gasteiger partial charge in [0.25, 0.3) is 0 Å². The van der Waals surface area contributed by atoms with Crippen LogP contribution < -0.4 is 10.6 Å². The summed E-state index contributed by atoms with van der Waals surface area (Å²) in [5, 5.41) is 5.69. The Morgan fingerprint density at radius 2 is 1.81 bits per heavy atom. The predicted molar refractivity (Wildman–Crippen MR) is 69.4 cm³/mol. The summed E-state index contributed by atoms with van der Waals surface area (Å²) in [5.41, 5.74) is 1.07. The van der Waals surface area contributed by atoms with E-state index in [0.717, 1.165) is 10.0 Å². The lowest BCUT2D eigenvalue weighted by Crippen LogP contribution is -2.40. The van der Waals surface area contributed by atoms with Crippen LogP contribution in [0.1, 0.15) is 32.4 Å². The van der Waals surface area contributed by atoms with Gasteiger partial charge in [-0.1, -0.05) is 34.1 Å². The van der Waals surface area contributed by atoms with Crippen LogP contribution in [0, 0.1) is 0 Å². The van der Waals surface area contributed by atoms with Crippen LogP contribution >= 0.6 is 15.9 Å². The molecule has 1 aromatic carbocycles. The van der Waals surface area contributed by atoms with Gasteiger partial charge in [-0.25, -0.2) is 4.79 Å². The largest absolute Gasteiger partial charge is 0.336 e. The minimum absolute atomic E-state index is 0.0191. The fraction of sp³-hybridized carbons (Fsp3) is 0.417. The molecule has 0 aliphatic carbocycles. The van der Waals surface area contributed by atoms with Gasteiger partial charge in [0, 0.05) is 10.5 Å². The Hall–Kier alpha value is -1.03. The van der Waals surface area contributed by atoms with Gasteiger partial charge in [0.1, 0.15) is 0 Å². The maximum atomic E-state index is 11.5. The number of urea groups is 1. The predicted octanol–water partition coefficient (Wildman–Crippen LogP) is 3.22. The Morgan fingerprint density at radius 3 is 2.38 bits per heavy atom. The van der Waals surface area contributed by atoms with Crippen LogP contribution in [0.2, 0.25) is 0 Å². The van der Waals surface area contributed by atoms with Gasteiger partial charge in [0.05, 0.1) is 6.04 Å². The second-order valence-electron chi connectivity index (χ2n) is 4.02. The zero-order chi connectivity index (χ0) is 12.1. The molecule has 0 aliphatic rings. The highest BCUT2D eigenvalue weighted by Gasteiger charge is 2.11. The highest BCUT2D eigenvalue weighted by Crippen LogP contribution is 2.22. The summed E-state index contributed by atoms with van der Waals surface area (Å²) in [4.78, 5) is 11.5. The van der Waals surface area contributed by atoms with Gasteiger partial charge in [0.15, 0.2) is 0 Å². The van der Waals surface area contributed by atoms with Crippen molar-refractivity contribution < 1.29 is 4.79 Å². The first-order valence-corrected chi connectivity index (χ1v) is 6.11. The molecule has 1 aromatic rings. The van der Waals surface area contributed by atoms with Crippen molar-refractivity contribution in [2.75, 3.05) is 0 Å². The second kappa shape index (κ2) is 5.89. The summed E-state index contributed by atoms with van der Waals surface area (Å²) in [6.07, 6.45) is 0. The number of halogens is 1. The molecule has 2 amide bonds. The van der Waals surface area contributed by atoms with Crippen LogP contribution in [0.5, 0.6) is 0 Å². The fourth-order valence-corrected chi connectivity index (χ4v) is 2.03. The Balaban J connectivity index is 2.62. The van der Waals surface area contributed by atoms with Crippen LogP contribution in [0.25, 0.3) is 0 Å². The zero-order valence-electron chi connectivity index (χ0n) is 9.75. The number of carbonyl (C=O) groups excluding carboxylic acids is 1. The standard InChI is InChI=1S/C12H17BrN2O/c1-8(2)14-12(16)15-9(3)10-6-4-5-7-11(10)13/h4-9H,1-3H3,(H2,14,15,16). The molecule has 16 heavy (non-hydrogen) atoms. The number of rotatable bonds is 3. The second-order valence-corrected chi connectivity index (χ2v) is 4.87. The van der Waals surface area contributed by atoms with Crippen molar-refractivity contribution in [2.24, 2.45) is 0 Å². The summed E-state index contributed by atoms with van der Waals surface area (Å²) in [7, 11) is 0. The van der Waals surface area contributed by atoms with Crippen molar-refractivity contribution in [2.45, 2.75) is 32.9 Å². The monoisotopic (exact) mass is 284 g/mol. The summed E-state index contributed by atoms with van der Waals surface area (Å²) in [6.45, 7) is 5.82. The van der Waals surface area contributed by atoms with E-state index in [4.69, 9.17) is 0 Å². The number of hydrogen-bond acceptors (Lipinski definition) is 1. The van der Waals surface area contributed by atoms with Gasteiger partial charge in [-0.3, -0.25) is 0 Å². The molecule has 3 nitrogen and oxygen atoms in total. The lowest BCUT2D eigenvalue weighted by Gasteiger charge is -2.17. The van der Waals surface area contributed by atoms with Crippen molar-refractivity contribution in [1.29, 1.82) is 0 Å². The van der Waals surface area contributed by atoms with E-state index in [1.54, 1.807) is 0 Å². The first-order chi connectivity index (χ1) is 7.50. The molecule has 0 fully saturated rings. The Bertz CT molecular complexity index is 366. The molecule has 0 saturated heterocycles. The molecule has 88 valence electrons. The number of nitrogens with one attached hydrogen (secondary N) is 2. The van der Waals surface area contributed by atoms with Crippen LogP contribution in [-0.2, 0) is 0 Å². The maximum Gasteiger partial charge on any atom is 0.315 e. The Morgan fingerprint density at radius 1 is 1.19 bits per heavy atom. The highest BCUT2D eigenvalue weighted by molar-refractivity contribution is 9.10. The van der Waals surface area contributed by atoms with E-state index in [0.29, 0.717) is 0 Å². The van der Waals surface area contributed by atoms with Crippen LogP contribution in [0.3, 0.4) is 0 Å². The molecule has 0 heterocycles. The van der Waals surface area contributed by atoms with E-state index in [2.05, 4.69) is 26.6 Å². The fourth-order valence-electron chi connectivity index (χ4n) is 1.40. The van der Waals surface area contributed by atoms with E-state index >= 15 is 0 Å². The van der Waals surface area contributed by atoms with Crippen molar-refractivity contribution in [3.63, 3.8) is 0 Å². The Kier molecular flexibility index (Phi) is 4.80. The van der Waals surface area contributed by atoms with Gasteiger partial charge >= 0.3 is 6.03 Å². The van der Waals surface area contributed by atoms with Crippen molar-refractivity contribution in [1.82, 2.24) is 10.6 Å². The molecule has 0 saturated carbocycles. The smallest absolute Gasteiger partial charge is 0.315 e. The van der Waals surface area contributed by atoms with Gasteiger partial charge in [-0.15, -0.1) is 0 Å². The summed E-state index contributed by atoms with van der Waals surface area (Å²) in [6, 6.07) is 7.85. The lowest BCUT2D eigenvalue weighted by molar-refractivity contribution is 0.235. The van der Waals surface area contributed by atoms with Crippen LogP contribution in [0.15, 0.2) is 28.7 Å². The van der Waals surface area contributed by atoms with E-state index < -0.39 is 0 Å². The molecule has 1 atom stereocenters. The minimum atomic E-state index is -0.141. The maximum absolute atomic E-state index is 11.5. The number of hydrogen-bond donors (Lipinski definition) is 2. The Labute approximate surface area is 105 Å². The van der Waals surface area contributed by atoms with Crippen molar-refractivity contribution in [3.8, 4) is 0 Å². The van der Waals surface area contributed by atoms with Crippen LogP contribution in [0.4, 0.5) is 4.79 Å². The summed E-state index contributed by atoms with van der Waals surface area (Å²) in [5.74, 6) is 0. The van der Waals surface area contributed by atoms with Crippen molar-refractivity contribution in [3.05, 3.63) is 34.3 Å².